The van der Waals surface area contributed by atoms with E-state index in [-0.39, 0.29) is 23.8 Å². The Morgan fingerprint density at radius 1 is 1.40 bits per heavy atom. The molecule has 3 atom stereocenters. The third-order valence-electron chi connectivity index (χ3n) is 4.17. The van der Waals surface area contributed by atoms with Crippen LogP contribution in [-0.4, -0.2) is 36.5 Å². The number of rotatable bonds is 2. The second kappa shape index (κ2) is 5.13. The highest BCUT2D eigenvalue weighted by Gasteiger charge is 2.47. The average molecular weight is 280 g/mol. The number of hydrogen-bond acceptors (Lipinski definition) is 2. The van der Waals surface area contributed by atoms with Crippen LogP contribution in [0.15, 0.2) is 18.2 Å². The highest BCUT2D eigenvalue weighted by atomic mass is 19.2. The smallest absolute Gasteiger partial charge is 0.226 e. The van der Waals surface area contributed by atoms with Crippen LogP contribution in [0, 0.1) is 17.6 Å². The van der Waals surface area contributed by atoms with Gasteiger partial charge in [-0.3, -0.25) is 4.79 Å². The number of halogens is 2. The Labute approximate surface area is 117 Å². The summed E-state index contributed by atoms with van der Waals surface area (Å²) in [5.74, 6) is -1.91. The first-order valence-electron chi connectivity index (χ1n) is 7.04. The van der Waals surface area contributed by atoms with Gasteiger partial charge in [0, 0.05) is 31.6 Å². The van der Waals surface area contributed by atoms with Gasteiger partial charge < -0.3 is 10.2 Å². The third-order valence-corrected chi connectivity index (χ3v) is 4.17. The highest BCUT2D eigenvalue weighted by Crippen LogP contribution is 2.49. The molecule has 20 heavy (non-hydrogen) atoms. The topological polar surface area (TPSA) is 32.3 Å². The predicted octanol–water partition coefficient (Wildman–Crippen LogP) is 1.89. The van der Waals surface area contributed by atoms with E-state index in [1.807, 2.05) is 11.8 Å². The van der Waals surface area contributed by atoms with E-state index in [1.165, 1.54) is 6.07 Å². The van der Waals surface area contributed by atoms with Gasteiger partial charge in [-0.2, -0.15) is 0 Å². The van der Waals surface area contributed by atoms with Gasteiger partial charge >= 0.3 is 0 Å². The van der Waals surface area contributed by atoms with Crippen LogP contribution in [0.5, 0.6) is 0 Å². The van der Waals surface area contributed by atoms with Crippen molar-refractivity contribution >= 4 is 5.91 Å². The summed E-state index contributed by atoms with van der Waals surface area (Å²) in [7, 11) is 0. The van der Waals surface area contributed by atoms with Crippen molar-refractivity contribution in [1.29, 1.82) is 0 Å². The van der Waals surface area contributed by atoms with Gasteiger partial charge in [-0.1, -0.05) is 12.1 Å². The third kappa shape index (κ3) is 2.42. The summed E-state index contributed by atoms with van der Waals surface area (Å²) in [5.41, 5.74) is 0.339. The number of hydrogen-bond donors (Lipinski definition) is 1. The molecule has 2 fully saturated rings. The first-order valence-corrected chi connectivity index (χ1v) is 7.04. The van der Waals surface area contributed by atoms with E-state index in [2.05, 4.69) is 5.32 Å². The van der Waals surface area contributed by atoms with Gasteiger partial charge in [0.1, 0.15) is 0 Å². The number of nitrogens with zero attached hydrogens (tertiary/aromatic N) is 1. The molecule has 1 aliphatic heterocycles. The molecular weight excluding hydrogens is 262 g/mol. The molecule has 5 heteroatoms. The molecule has 1 amide bonds. The lowest BCUT2D eigenvalue weighted by Gasteiger charge is -2.32. The van der Waals surface area contributed by atoms with Crippen molar-refractivity contribution in [3.8, 4) is 0 Å². The second-order valence-corrected chi connectivity index (χ2v) is 5.73. The van der Waals surface area contributed by atoms with Crippen LogP contribution in [-0.2, 0) is 4.79 Å². The summed E-state index contributed by atoms with van der Waals surface area (Å²) in [6, 6.07) is 4.48. The molecule has 1 saturated carbocycles. The standard InChI is InChI=1S/C15H18F2N2O/c1-9-8-19(6-5-18-9)15(20)12-7-11(12)10-3-2-4-13(16)14(10)17/h2-4,9,11-12,18H,5-8H2,1H3. The summed E-state index contributed by atoms with van der Waals surface area (Å²) >= 11 is 0. The van der Waals surface area contributed by atoms with Crippen LogP contribution in [0.3, 0.4) is 0 Å². The quantitative estimate of drug-likeness (QED) is 0.897. The van der Waals surface area contributed by atoms with Crippen molar-refractivity contribution in [2.24, 2.45) is 5.92 Å². The van der Waals surface area contributed by atoms with Crippen molar-refractivity contribution in [2.75, 3.05) is 19.6 Å². The minimum atomic E-state index is -0.837. The van der Waals surface area contributed by atoms with Crippen LogP contribution in [0.2, 0.25) is 0 Å². The normalized spacial score (nSPS) is 29.4. The lowest BCUT2D eigenvalue weighted by molar-refractivity contribution is -0.133. The van der Waals surface area contributed by atoms with E-state index in [0.717, 1.165) is 12.6 Å². The Bertz CT molecular complexity index is 535. The van der Waals surface area contributed by atoms with Crippen molar-refractivity contribution in [2.45, 2.75) is 25.3 Å². The molecular formula is C15H18F2N2O. The maximum Gasteiger partial charge on any atom is 0.226 e. The van der Waals surface area contributed by atoms with Crippen LogP contribution >= 0.6 is 0 Å². The molecule has 1 saturated heterocycles. The molecule has 0 spiro atoms. The van der Waals surface area contributed by atoms with Crippen LogP contribution < -0.4 is 5.32 Å². The molecule has 1 heterocycles. The van der Waals surface area contributed by atoms with Gasteiger partial charge in [-0.15, -0.1) is 0 Å². The molecule has 1 aliphatic carbocycles. The summed E-state index contributed by atoms with van der Waals surface area (Å²) in [5, 5.41) is 3.28. The fourth-order valence-corrected chi connectivity index (χ4v) is 2.99. The number of amides is 1. The average Bonchev–Trinajstić information content (AvgIpc) is 3.21. The van der Waals surface area contributed by atoms with Gasteiger partial charge in [0.2, 0.25) is 5.91 Å². The molecule has 3 rings (SSSR count). The number of piperazine rings is 1. The zero-order chi connectivity index (χ0) is 14.3. The number of benzene rings is 1. The SMILES string of the molecule is CC1CN(C(=O)C2CC2c2cccc(F)c2F)CCN1. The van der Waals surface area contributed by atoms with Crippen molar-refractivity contribution in [3.05, 3.63) is 35.4 Å². The summed E-state index contributed by atoms with van der Waals surface area (Å²) in [6.45, 7) is 4.21. The Balaban J connectivity index is 1.69. The molecule has 0 aromatic heterocycles. The van der Waals surface area contributed by atoms with Gasteiger partial charge in [-0.05, 0) is 30.9 Å². The van der Waals surface area contributed by atoms with Crippen molar-refractivity contribution in [1.82, 2.24) is 10.2 Å². The fraction of sp³-hybridized carbons (Fsp3) is 0.533. The van der Waals surface area contributed by atoms with E-state index >= 15 is 0 Å². The largest absolute Gasteiger partial charge is 0.340 e. The predicted molar refractivity (Wildman–Crippen MR) is 71.3 cm³/mol. The Morgan fingerprint density at radius 2 is 2.20 bits per heavy atom. The fourth-order valence-electron chi connectivity index (χ4n) is 2.99. The maximum absolute atomic E-state index is 13.7. The highest BCUT2D eigenvalue weighted by molar-refractivity contribution is 5.83. The molecule has 1 N–H and O–H groups in total. The number of carbonyl (C=O) groups excluding carboxylic acids is 1. The van der Waals surface area contributed by atoms with Gasteiger partial charge in [-0.25, -0.2) is 8.78 Å². The molecule has 2 aliphatic rings. The summed E-state index contributed by atoms with van der Waals surface area (Å²) < 4.78 is 26.9. The van der Waals surface area contributed by atoms with Crippen LogP contribution in [0.4, 0.5) is 8.78 Å². The van der Waals surface area contributed by atoms with E-state index < -0.39 is 11.6 Å². The molecule has 108 valence electrons. The zero-order valence-electron chi connectivity index (χ0n) is 11.4. The van der Waals surface area contributed by atoms with E-state index in [4.69, 9.17) is 0 Å². The molecule has 1 aromatic rings. The minimum absolute atomic E-state index is 0.0759. The lowest BCUT2D eigenvalue weighted by atomic mass is 10.1. The van der Waals surface area contributed by atoms with Crippen molar-refractivity contribution in [3.63, 3.8) is 0 Å². The van der Waals surface area contributed by atoms with Crippen molar-refractivity contribution < 1.29 is 13.6 Å². The molecule has 0 bridgehead atoms. The minimum Gasteiger partial charge on any atom is -0.340 e. The Kier molecular flexibility index (Phi) is 3.46. The molecule has 1 aromatic carbocycles. The summed E-state index contributed by atoms with van der Waals surface area (Å²) in [6.07, 6.45) is 0.623. The Morgan fingerprint density at radius 3 is 2.95 bits per heavy atom. The van der Waals surface area contributed by atoms with Gasteiger partial charge in [0.15, 0.2) is 11.6 Å². The zero-order valence-corrected chi connectivity index (χ0v) is 11.4. The monoisotopic (exact) mass is 280 g/mol. The van der Waals surface area contributed by atoms with Gasteiger partial charge in [0.05, 0.1) is 0 Å². The number of carbonyl (C=O) groups is 1. The van der Waals surface area contributed by atoms with Crippen LogP contribution in [0.25, 0.3) is 0 Å². The van der Waals surface area contributed by atoms with Gasteiger partial charge in [0.25, 0.3) is 0 Å². The lowest BCUT2D eigenvalue weighted by Crippen LogP contribution is -2.51. The molecule has 3 nitrogen and oxygen atoms in total. The van der Waals surface area contributed by atoms with E-state index in [9.17, 15) is 13.6 Å². The van der Waals surface area contributed by atoms with E-state index in [0.29, 0.717) is 25.1 Å². The maximum atomic E-state index is 13.7. The summed E-state index contributed by atoms with van der Waals surface area (Å²) in [4.78, 5) is 14.2. The van der Waals surface area contributed by atoms with Crippen LogP contribution in [0.1, 0.15) is 24.8 Å². The molecule has 3 unspecified atom stereocenters. The number of nitrogens with one attached hydrogen (secondary N) is 1. The Hall–Kier alpha value is -1.49. The first-order chi connectivity index (χ1) is 9.58. The van der Waals surface area contributed by atoms with E-state index in [1.54, 1.807) is 6.07 Å². The molecule has 0 radical (unpaired) electrons. The first kappa shape index (κ1) is 13.5. The second-order valence-electron chi connectivity index (χ2n) is 5.73.